The van der Waals surface area contributed by atoms with Crippen molar-refractivity contribution in [2.24, 2.45) is 11.3 Å². The molecule has 2 atom stereocenters. The van der Waals surface area contributed by atoms with Crippen LogP contribution in [-0.4, -0.2) is 19.0 Å². The molecule has 0 amide bonds. The molecule has 1 aromatic carbocycles. The molecule has 1 aromatic rings. The lowest BCUT2D eigenvalue weighted by molar-refractivity contribution is -0.164. The van der Waals surface area contributed by atoms with Gasteiger partial charge < -0.3 is 9.47 Å². The molecule has 3 aliphatic rings. The first kappa shape index (κ1) is 20.9. The monoisotopic (exact) mass is 408 g/mol. The first-order valence-electron chi connectivity index (χ1n) is 11.4. The Labute approximate surface area is 179 Å². The Morgan fingerprint density at radius 3 is 2.60 bits per heavy atom. The number of carbonyl (C=O) groups excluding carboxylic acids is 2. The molecule has 2 unspecified atom stereocenters. The second-order valence-electron chi connectivity index (χ2n) is 9.12. The Kier molecular flexibility index (Phi) is 6.40. The van der Waals surface area contributed by atoms with Crippen molar-refractivity contribution in [1.82, 2.24) is 0 Å². The maximum absolute atomic E-state index is 12.9. The summed E-state index contributed by atoms with van der Waals surface area (Å²) in [5.41, 5.74) is 1.41. The van der Waals surface area contributed by atoms with Crippen molar-refractivity contribution >= 4 is 11.9 Å². The highest BCUT2D eigenvalue weighted by molar-refractivity contribution is 6.02. The van der Waals surface area contributed by atoms with Gasteiger partial charge in [0.15, 0.2) is 5.41 Å². The number of cyclic esters (lactones) is 1. The zero-order valence-electron chi connectivity index (χ0n) is 17.9. The fourth-order valence-electron chi connectivity index (χ4n) is 5.40. The molecule has 30 heavy (non-hydrogen) atoms. The van der Waals surface area contributed by atoms with Crippen molar-refractivity contribution in [2.45, 2.75) is 70.1 Å². The van der Waals surface area contributed by atoms with Crippen LogP contribution in [0.2, 0.25) is 0 Å². The molecular weight excluding hydrogens is 376 g/mol. The average Bonchev–Trinajstić information content (AvgIpc) is 3.10. The van der Waals surface area contributed by atoms with E-state index in [1.165, 1.54) is 37.5 Å². The summed E-state index contributed by atoms with van der Waals surface area (Å²) in [4.78, 5) is 25.6. The highest BCUT2D eigenvalue weighted by Gasteiger charge is 2.55. The van der Waals surface area contributed by atoms with Gasteiger partial charge in [0.25, 0.3) is 0 Å². The summed E-state index contributed by atoms with van der Waals surface area (Å²) in [5, 5.41) is 0. The van der Waals surface area contributed by atoms with Crippen LogP contribution in [0, 0.1) is 11.3 Å². The number of rotatable bonds is 5. The first-order chi connectivity index (χ1) is 14.6. The third-order valence-corrected chi connectivity index (χ3v) is 7.09. The van der Waals surface area contributed by atoms with Gasteiger partial charge >= 0.3 is 11.9 Å². The van der Waals surface area contributed by atoms with Crippen LogP contribution in [0.1, 0.15) is 75.7 Å². The van der Waals surface area contributed by atoms with Crippen LogP contribution in [-0.2, 0) is 19.1 Å². The van der Waals surface area contributed by atoms with Gasteiger partial charge in [0.1, 0.15) is 5.76 Å². The summed E-state index contributed by atoms with van der Waals surface area (Å²) in [6, 6.07) is 10.6. The Hall–Kier alpha value is -2.36. The summed E-state index contributed by atoms with van der Waals surface area (Å²) in [7, 11) is 1.37. The maximum atomic E-state index is 12.9. The molecule has 1 saturated heterocycles. The molecule has 0 radical (unpaired) electrons. The number of benzene rings is 1. The number of methoxy groups -OCH3 is 1. The lowest BCUT2D eigenvalue weighted by Gasteiger charge is -2.29. The third kappa shape index (κ3) is 4.38. The summed E-state index contributed by atoms with van der Waals surface area (Å²) in [6.07, 6.45) is 13.9. The summed E-state index contributed by atoms with van der Waals surface area (Å²) >= 11 is 0. The second kappa shape index (κ2) is 9.20. The Morgan fingerprint density at radius 2 is 1.93 bits per heavy atom. The van der Waals surface area contributed by atoms with E-state index in [0.717, 1.165) is 32.1 Å². The molecule has 0 aromatic heterocycles. The van der Waals surface area contributed by atoms with Crippen molar-refractivity contribution in [3.8, 4) is 0 Å². The predicted molar refractivity (Wildman–Crippen MR) is 116 cm³/mol. The van der Waals surface area contributed by atoms with Crippen molar-refractivity contribution < 1.29 is 19.1 Å². The molecule has 4 heteroatoms. The molecule has 2 aliphatic carbocycles. The molecular formula is C26H32O4. The van der Waals surface area contributed by atoms with Gasteiger partial charge in [-0.3, -0.25) is 9.59 Å². The maximum Gasteiger partial charge on any atom is 0.329 e. The summed E-state index contributed by atoms with van der Waals surface area (Å²) in [5.74, 6) is 0.684. The average molecular weight is 409 g/mol. The number of allylic oxidation sites excluding steroid dienone is 4. The van der Waals surface area contributed by atoms with Crippen LogP contribution in [0.5, 0.6) is 0 Å². The fourth-order valence-corrected chi connectivity index (χ4v) is 5.40. The topological polar surface area (TPSA) is 52.6 Å². The van der Waals surface area contributed by atoms with Gasteiger partial charge in [-0.1, -0.05) is 68.5 Å². The van der Waals surface area contributed by atoms with Crippen LogP contribution in [0.25, 0.3) is 0 Å². The van der Waals surface area contributed by atoms with E-state index in [1.807, 2.05) is 12.1 Å². The zero-order valence-corrected chi connectivity index (χ0v) is 17.9. The van der Waals surface area contributed by atoms with Gasteiger partial charge in [0.05, 0.1) is 7.11 Å². The molecule has 1 aliphatic heterocycles. The van der Waals surface area contributed by atoms with E-state index in [0.29, 0.717) is 30.4 Å². The van der Waals surface area contributed by atoms with E-state index in [1.54, 1.807) is 0 Å². The van der Waals surface area contributed by atoms with Crippen molar-refractivity contribution in [3.05, 3.63) is 59.4 Å². The number of hydrogen-bond donors (Lipinski definition) is 0. The molecule has 4 rings (SSSR count). The number of hydrogen-bond acceptors (Lipinski definition) is 4. The highest BCUT2D eigenvalue weighted by atomic mass is 16.6. The van der Waals surface area contributed by atoms with Gasteiger partial charge in [-0.2, -0.15) is 0 Å². The zero-order chi connectivity index (χ0) is 21.0. The molecule has 0 spiro atoms. The minimum Gasteiger partial charge on any atom is -0.468 e. The molecule has 1 saturated carbocycles. The van der Waals surface area contributed by atoms with E-state index >= 15 is 0 Å². The molecule has 0 bridgehead atoms. The van der Waals surface area contributed by atoms with Crippen LogP contribution in [0.3, 0.4) is 0 Å². The quantitative estimate of drug-likeness (QED) is 0.454. The molecule has 4 nitrogen and oxygen atoms in total. The lowest BCUT2D eigenvalue weighted by atomic mass is 9.73. The smallest absolute Gasteiger partial charge is 0.329 e. The van der Waals surface area contributed by atoms with Crippen molar-refractivity contribution in [2.75, 3.05) is 7.11 Å². The highest BCUT2D eigenvalue weighted by Crippen LogP contribution is 2.46. The molecule has 0 N–H and O–H groups in total. The number of ether oxygens (including phenoxy) is 2. The van der Waals surface area contributed by atoms with Crippen LogP contribution >= 0.6 is 0 Å². The fraction of sp³-hybridized carbons (Fsp3) is 0.538. The van der Waals surface area contributed by atoms with Gasteiger partial charge in [-0.15, -0.1) is 0 Å². The molecule has 1 heterocycles. The molecule has 2 fully saturated rings. The first-order valence-corrected chi connectivity index (χ1v) is 11.4. The van der Waals surface area contributed by atoms with Gasteiger partial charge in [-0.05, 0) is 54.7 Å². The van der Waals surface area contributed by atoms with E-state index < -0.39 is 17.4 Å². The van der Waals surface area contributed by atoms with Crippen LogP contribution in [0.4, 0.5) is 0 Å². The number of esters is 2. The Morgan fingerprint density at radius 1 is 1.17 bits per heavy atom. The summed E-state index contributed by atoms with van der Waals surface area (Å²) in [6.45, 7) is 0. The SMILES string of the molecule is COC(=O)C1(CC2CCCCC2)C/C(=C\C2=CCC(c3ccccc3)CC2)OC1=O. The minimum absolute atomic E-state index is 0.328. The second-order valence-corrected chi connectivity index (χ2v) is 9.12. The van der Waals surface area contributed by atoms with E-state index in [9.17, 15) is 9.59 Å². The van der Waals surface area contributed by atoms with Gasteiger partial charge in [-0.25, -0.2) is 0 Å². The number of carbonyl (C=O) groups is 2. The van der Waals surface area contributed by atoms with Crippen LogP contribution < -0.4 is 0 Å². The van der Waals surface area contributed by atoms with E-state index in [-0.39, 0.29) is 0 Å². The molecule has 160 valence electrons. The lowest BCUT2D eigenvalue weighted by Crippen LogP contribution is -2.39. The predicted octanol–water partition coefficient (Wildman–Crippen LogP) is 5.84. The Bertz CT molecular complexity index is 832. The van der Waals surface area contributed by atoms with Crippen LogP contribution in [0.15, 0.2) is 53.8 Å². The standard InChI is InChI=1S/C26H32O4/c1-29-24(27)26(17-20-8-4-2-5-9-20)18-23(30-25(26)28)16-19-12-14-22(15-13-19)21-10-6-3-7-11-21/h3,6-7,10-12,16,20,22H,2,4-5,8-9,13-15,17-18H2,1H3/b23-16+. The normalized spacial score (nSPS) is 28.8. The van der Waals surface area contributed by atoms with Gasteiger partial charge in [0, 0.05) is 6.42 Å². The Balaban J connectivity index is 1.47. The third-order valence-electron chi connectivity index (χ3n) is 7.09. The van der Waals surface area contributed by atoms with Crippen molar-refractivity contribution in [3.63, 3.8) is 0 Å². The van der Waals surface area contributed by atoms with E-state index in [4.69, 9.17) is 9.47 Å². The van der Waals surface area contributed by atoms with Crippen molar-refractivity contribution in [1.29, 1.82) is 0 Å². The summed E-state index contributed by atoms with van der Waals surface area (Å²) < 4.78 is 10.7. The largest absolute Gasteiger partial charge is 0.468 e. The van der Waals surface area contributed by atoms with Gasteiger partial charge in [0.2, 0.25) is 0 Å². The minimum atomic E-state index is -1.16. The van der Waals surface area contributed by atoms with E-state index in [2.05, 4.69) is 30.3 Å².